The summed E-state index contributed by atoms with van der Waals surface area (Å²) in [5, 5.41) is 3.03. The van der Waals surface area contributed by atoms with Gasteiger partial charge in [0.25, 0.3) is 0 Å². The van der Waals surface area contributed by atoms with Crippen LogP contribution in [0, 0.1) is 6.07 Å². The fourth-order valence-electron chi connectivity index (χ4n) is 1.14. The molecule has 3 nitrogen and oxygen atoms in total. The Morgan fingerprint density at radius 1 is 1.41 bits per heavy atom. The van der Waals surface area contributed by atoms with Crippen molar-refractivity contribution >= 4 is 46.6 Å². The van der Waals surface area contributed by atoms with Gasteiger partial charge in [0.15, 0.2) is 0 Å². The molecule has 1 N–H and O–H groups in total. The third-order valence-electron chi connectivity index (χ3n) is 1.87. The average molecular weight is 296 g/mol. The molecule has 1 amide bonds. The van der Waals surface area contributed by atoms with E-state index in [1.54, 1.807) is 12.1 Å². The van der Waals surface area contributed by atoms with Crippen molar-refractivity contribution in [1.29, 1.82) is 0 Å². The van der Waals surface area contributed by atoms with Crippen LogP contribution >= 0.6 is 34.8 Å². The minimum atomic E-state index is -0.569. The maximum Gasteiger partial charge on any atom is 0.411 e. The van der Waals surface area contributed by atoms with E-state index in [9.17, 15) is 4.79 Å². The fraction of sp³-hybridized carbons (Fsp3) is 0.364. The molecule has 93 valence electrons. The second-order valence-electron chi connectivity index (χ2n) is 3.10. The number of benzene rings is 1. The largest absolute Gasteiger partial charge is 0.448 e. The van der Waals surface area contributed by atoms with E-state index in [1.807, 2.05) is 0 Å². The van der Waals surface area contributed by atoms with Gasteiger partial charge in [0.1, 0.15) is 6.61 Å². The number of carbonyl (C=O) groups excluding carboxylic acids is 1. The summed E-state index contributed by atoms with van der Waals surface area (Å²) >= 11 is 17.0. The molecule has 1 rings (SSSR count). The number of aryl methyl sites for hydroxylation is 1. The van der Waals surface area contributed by atoms with E-state index in [1.165, 1.54) is 0 Å². The van der Waals surface area contributed by atoms with Gasteiger partial charge in [-0.1, -0.05) is 11.6 Å². The second-order valence-corrected chi connectivity index (χ2v) is 4.27. The quantitative estimate of drug-likeness (QED) is 0.841. The van der Waals surface area contributed by atoms with Crippen LogP contribution in [0.4, 0.5) is 10.5 Å². The molecule has 6 heteroatoms. The summed E-state index contributed by atoms with van der Waals surface area (Å²) in [5.41, 5.74) is 1.34. The molecular formula is C11H11Cl3NO2. The van der Waals surface area contributed by atoms with E-state index in [-0.39, 0.29) is 12.5 Å². The number of nitrogens with one attached hydrogen (secondary N) is 1. The summed E-state index contributed by atoms with van der Waals surface area (Å²) in [4.78, 5) is 11.2. The van der Waals surface area contributed by atoms with E-state index >= 15 is 0 Å². The van der Waals surface area contributed by atoms with Gasteiger partial charge < -0.3 is 4.74 Å². The maximum absolute atomic E-state index is 11.2. The first-order valence-corrected chi connectivity index (χ1v) is 6.38. The van der Waals surface area contributed by atoms with Crippen LogP contribution < -0.4 is 5.32 Å². The molecule has 0 saturated carbocycles. The van der Waals surface area contributed by atoms with Gasteiger partial charge in [-0.25, -0.2) is 4.79 Å². The van der Waals surface area contributed by atoms with Crippen LogP contribution in [0.25, 0.3) is 0 Å². The van der Waals surface area contributed by atoms with Crippen molar-refractivity contribution in [2.75, 3.05) is 23.7 Å². The Kier molecular flexibility index (Phi) is 6.48. The van der Waals surface area contributed by atoms with Gasteiger partial charge in [-0.15, -0.1) is 23.2 Å². The van der Waals surface area contributed by atoms with Crippen LogP contribution in [-0.4, -0.2) is 24.5 Å². The molecule has 0 heterocycles. The highest BCUT2D eigenvalue weighted by molar-refractivity contribution is 6.31. The monoisotopic (exact) mass is 294 g/mol. The molecule has 0 fully saturated rings. The topological polar surface area (TPSA) is 38.3 Å². The first-order chi connectivity index (χ1) is 8.17. The minimum absolute atomic E-state index is 0.162. The van der Waals surface area contributed by atoms with Gasteiger partial charge in [-0.2, -0.15) is 0 Å². The van der Waals surface area contributed by atoms with E-state index in [4.69, 9.17) is 39.5 Å². The standard InChI is InChI=1S/C11H11Cl3NO2/c12-4-3-8-1-2-9(7-10(8)14)15-11(16)17-6-5-13/h2,7H,3-6H2,(H,15,16). The van der Waals surface area contributed by atoms with E-state index in [2.05, 4.69) is 11.4 Å². The van der Waals surface area contributed by atoms with Crippen LogP contribution in [0.2, 0.25) is 5.02 Å². The highest BCUT2D eigenvalue weighted by Gasteiger charge is 2.06. The van der Waals surface area contributed by atoms with Gasteiger partial charge in [0, 0.05) is 16.6 Å². The SMILES string of the molecule is O=C(Nc1c[c]c(CCCl)c(Cl)c1)OCCCl. The van der Waals surface area contributed by atoms with Crippen LogP contribution in [0.5, 0.6) is 0 Å². The summed E-state index contributed by atoms with van der Waals surface area (Å²) in [6, 6.07) is 6.20. The molecule has 1 aromatic rings. The smallest absolute Gasteiger partial charge is 0.411 e. The van der Waals surface area contributed by atoms with E-state index < -0.39 is 6.09 Å². The number of amides is 1. The molecule has 0 aliphatic rings. The molecule has 0 bridgehead atoms. The zero-order chi connectivity index (χ0) is 12.7. The number of anilines is 1. The highest BCUT2D eigenvalue weighted by Crippen LogP contribution is 2.21. The minimum Gasteiger partial charge on any atom is -0.448 e. The lowest BCUT2D eigenvalue weighted by Crippen LogP contribution is -2.14. The van der Waals surface area contributed by atoms with Gasteiger partial charge in [-0.05, 0) is 30.2 Å². The third kappa shape index (κ3) is 5.02. The van der Waals surface area contributed by atoms with Crippen molar-refractivity contribution in [3.8, 4) is 0 Å². The van der Waals surface area contributed by atoms with Crippen LogP contribution in [0.1, 0.15) is 5.56 Å². The van der Waals surface area contributed by atoms with Crippen molar-refractivity contribution in [2.45, 2.75) is 6.42 Å². The van der Waals surface area contributed by atoms with Gasteiger partial charge in [0.05, 0.1) is 5.88 Å². The Balaban J connectivity index is 2.60. The molecule has 17 heavy (non-hydrogen) atoms. The second kappa shape index (κ2) is 7.64. The van der Waals surface area contributed by atoms with E-state index in [0.29, 0.717) is 23.0 Å². The molecule has 1 radical (unpaired) electrons. The van der Waals surface area contributed by atoms with Crippen molar-refractivity contribution in [3.05, 3.63) is 28.8 Å². The molecular weight excluding hydrogens is 284 g/mol. The molecule has 0 aliphatic heterocycles. The zero-order valence-corrected chi connectivity index (χ0v) is 11.2. The number of rotatable bonds is 5. The number of alkyl halides is 2. The maximum atomic E-state index is 11.2. The van der Waals surface area contributed by atoms with Crippen molar-refractivity contribution < 1.29 is 9.53 Å². The predicted octanol–water partition coefficient (Wildman–Crippen LogP) is 3.71. The summed E-state index contributed by atoms with van der Waals surface area (Å²) in [7, 11) is 0. The molecule has 1 aromatic carbocycles. The molecule has 0 aliphatic carbocycles. The van der Waals surface area contributed by atoms with Crippen molar-refractivity contribution in [3.63, 3.8) is 0 Å². The average Bonchev–Trinajstić information content (AvgIpc) is 2.30. The van der Waals surface area contributed by atoms with E-state index in [0.717, 1.165) is 5.56 Å². The molecule has 0 unspecified atom stereocenters. The van der Waals surface area contributed by atoms with Crippen LogP contribution in [0.15, 0.2) is 12.1 Å². The lowest BCUT2D eigenvalue weighted by Gasteiger charge is -2.07. The Morgan fingerprint density at radius 2 is 2.18 bits per heavy atom. The lowest BCUT2D eigenvalue weighted by molar-refractivity contribution is 0.168. The number of carbonyl (C=O) groups is 1. The molecule has 0 atom stereocenters. The van der Waals surface area contributed by atoms with Crippen LogP contribution in [-0.2, 0) is 11.2 Å². The zero-order valence-electron chi connectivity index (χ0n) is 8.93. The third-order valence-corrected chi connectivity index (χ3v) is 2.55. The molecule has 0 saturated heterocycles. The highest BCUT2D eigenvalue weighted by atomic mass is 35.5. The summed E-state index contributed by atoms with van der Waals surface area (Å²) in [5.74, 6) is 0.732. The Bertz CT molecular complexity index is 385. The van der Waals surface area contributed by atoms with Crippen molar-refractivity contribution in [2.24, 2.45) is 0 Å². The predicted molar refractivity (Wildman–Crippen MR) is 70.4 cm³/mol. The molecule has 0 aromatic heterocycles. The Morgan fingerprint density at radius 3 is 2.76 bits per heavy atom. The number of halogens is 3. The fourth-order valence-corrected chi connectivity index (χ4v) is 1.68. The van der Waals surface area contributed by atoms with Crippen LogP contribution in [0.3, 0.4) is 0 Å². The summed E-state index contributed by atoms with van der Waals surface area (Å²) in [6.07, 6.45) is 0.0670. The Hall–Kier alpha value is -0.640. The van der Waals surface area contributed by atoms with Gasteiger partial charge >= 0.3 is 6.09 Å². The normalized spacial score (nSPS) is 10.1. The number of hydrogen-bond acceptors (Lipinski definition) is 2. The summed E-state index contributed by atoms with van der Waals surface area (Å²) < 4.78 is 4.75. The Labute approximate surface area is 115 Å². The first kappa shape index (κ1) is 14.4. The first-order valence-electron chi connectivity index (χ1n) is 4.93. The van der Waals surface area contributed by atoms with Gasteiger partial charge in [-0.3, -0.25) is 5.32 Å². The molecule has 0 spiro atoms. The van der Waals surface area contributed by atoms with Gasteiger partial charge in [0.2, 0.25) is 0 Å². The lowest BCUT2D eigenvalue weighted by atomic mass is 10.1. The van der Waals surface area contributed by atoms with Crippen molar-refractivity contribution in [1.82, 2.24) is 0 Å². The number of hydrogen-bond donors (Lipinski definition) is 1. The number of ether oxygens (including phenoxy) is 1. The summed E-state index contributed by atoms with van der Waals surface area (Å²) in [6.45, 7) is 0.162.